The van der Waals surface area contributed by atoms with Gasteiger partial charge in [0.25, 0.3) is 0 Å². The lowest BCUT2D eigenvalue weighted by Gasteiger charge is -2.12. The Labute approximate surface area is 113 Å². The van der Waals surface area contributed by atoms with Crippen LogP contribution in [0.25, 0.3) is 0 Å². The molecule has 0 bridgehead atoms. The van der Waals surface area contributed by atoms with Crippen molar-refractivity contribution in [3.05, 3.63) is 35.9 Å². The third-order valence-corrected chi connectivity index (χ3v) is 2.93. The Hall–Kier alpha value is -1.11. The maximum absolute atomic E-state index is 11.2. The second-order valence-corrected chi connectivity index (χ2v) is 6.03. The SMILES string of the molecule is CS(=O)(=O)CC(=O)NCC(N)c1ccccc1.Cl. The highest BCUT2D eigenvalue weighted by atomic mass is 35.5. The number of sulfone groups is 1. The van der Waals surface area contributed by atoms with Crippen LogP contribution in [0.4, 0.5) is 0 Å². The number of carbonyl (C=O) groups excluding carboxylic acids is 1. The monoisotopic (exact) mass is 292 g/mol. The molecule has 0 saturated heterocycles. The van der Waals surface area contributed by atoms with Crippen molar-refractivity contribution < 1.29 is 13.2 Å². The number of benzene rings is 1. The van der Waals surface area contributed by atoms with Crippen LogP contribution >= 0.6 is 12.4 Å². The number of rotatable bonds is 5. The lowest BCUT2D eigenvalue weighted by atomic mass is 10.1. The first-order valence-corrected chi connectivity index (χ1v) is 7.19. The molecule has 18 heavy (non-hydrogen) atoms. The molecule has 5 nitrogen and oxygen atoms in total. The van der Waals surface area contributed by atoms with E-state index in [9.17, 15) is 13.2 Å². The summed E-state index contributed by atoms with van der Waals surface area (Å²) in [5.74, 6) is -1.03. The van der Waals surface area contributed by atoms with E-state index in [4.69, 9.17) is 5.73 Å². The first-order valence-electron chi connectivity index (χ1n) is 5.13. The minimum Gasteiger partial charge on any atom is -0.353 e. The molecule has 0 aliphatic rings. The zero-order valence-corrected chi connectivity index (χ0v) is 11.6. The van der Waals surface area contributed by atoms with Gasteiger partial charge in [-0.2, -0.15) is 0 Å². The Kier molecular flexibility index (Phi) is 6.90. The summed E-state index contributed by atoms with van der Waals surface area (Å²) in [4.78, 5) is 11.2. The second kappa shape index (κ2) is 7.35. The zero-order valence-electron chi connectivity index (χ0n) is 10.00. The molecule has 1 amide bonds. The summed E-state index contributed by atoms with van der Waals surface area (Å²) in [6, 6.07) is 8.96. The normalized spacial score (nSPS) is 12.3. The fraction of sp³-hybridized carbons (Fsp3) is 0.364. The largest absolute Gasteiger partial charge is 0.353 e. The van der Waals surface area contributed by atoms with E-state index in [0.717, 1.165) is 11.8 Å². The molecule has 0 heterocycles. The van der Waals surface area contributed by atoms with Crippen molar-refractivity contribution in [3.63, 3.8) is 0 Å². The molecule has 1 atom stereocenters. The number of hydrogen-bond acceptors (Lipinski definition) is 4. The van der Waals surface area contributed by atoms with Crippen LogP contribution in [-0.2, 0) is 14.6 Å². The van der Waals surface area contributed by atoms with Crippen LogP contribution in [0.5, 0.6) is 0 Å². The van der Waals surface area contributed by atoms with E-state index in [1.165, 1.54) is 0 Å². The van der Waals surface area contributed by atoms with E-state index in [2.05, 4.69) is 5.32 Å². The molecule has 0 saturated carbocycles. The van der Waals surface area contributed by atoms with Crippen molar-refractivity contribution in [2.45, 2.75) is 6.04 Å². The van der Waals surface area contributed by atoms with Crippen LogP contribution in [-0.4, -0.2) is 32.9 Å². The molecule has 0 fully saturated rings. The zero-order chi connectivity index (χ0) is 12.9. The van der Waals surface area contributed by atoms with Gasteiger partial charge in [0.2, 0.25) is 5.91 Å². The van der Waals surface area contributed by atoms with Crippen molar-refractivity contribution in [1.82, 2.24) is 5.32 Å². The third-order valence-electron chi connectivity index (χ3n) is 2.14. The molecule has 0 aliphatic heterocycles. The topological polar surface area (TPSA) is 89.3 Å². The Morgan fingerprint density at radius 3 is 2.39 bits per heavy atom. The van der Waals surface area contributed by atoms with Gasteiger partial charge >= 0.3 is 0 Å². The molecule has 0 aliphatic carbocycles. The van der Waals surface area contributed by atoms with Gasteiger partial charge in [0.05, 0.1) is 0 Å². The Morgan fingerprint density at radius 2 is 1.89 bits per heavy atom. The Morgan fingerprint density at radius 1 is 1.33 bits per heavy atom. The quantitative estimate of drug-likeness (QED) is 0.815. The molecule has 1 unspecified atom stereocenters. The molecular formula is C11H17ClN2O3S. The minimum absolute atomic E-state index is 0. The van der Waals surface area contributed by atoms with Gasteiger partial charge in [-0.15, -0.1) is 12.4 Å². The van der Waals surface area contributed by atoms with Gasteiger partial charge in [-0.05, 0) is 5.56 Å². The maximum Gasteiger partial charge on any atom is 0.235 e. The van der Waals surface area contributed by atoms with Gasteiger partial charge < -0.3 is 11.1 Å². The summed E-state index contributed by atoms with van der Waals surface area (Å²) < 4.78 is 21.7. The maximum atomic E-state index is 11.2. The predicted octanol–water partition coefficient (Wildman–Crippen LogP) is 0.269. The molecule has 3 N–H and O–H groups in total. The van der Waals surface area contributed by atoms with Crippen molar-refractivity contribution >= 4 is 28.2 Å². The van der Waals surface area contributed by atoms with Crippen LogP contribution in [0, 0.1) is 0 Å². The summed E-state index contributed by atoms with van der Waals surface area (Å²) in [6.07, 6.45) is 1.02. The number of nitrogens with one attached hydrogen (secondary N) is 1. The number of nitrogens with two attached hydrogens (primary N) is 1. The van der Waals surface area contributed by atoms with E-state index in [1.807, 2.05) is 30.3 Å². The van der Waals surface area contributed by atoms with Crippen LogP contribution in [0.2, 0.25) is 0 Å². The van der Waals surface area contributed by atoms with Crippen LogP contribution in [0.3, 0.4) is 0 Å². The minimum atomic E-state index is -3.29. The standard InChI is InChI=1S/C11H16N2O3S.ClH/c1-17(15,16)8-11(14)13-7-10(12)9-5-3-2-4-6-9;/h2-6,10H,7-8,12H2,1H3,(H,13,14);1H. The molecule has 102 valence electrons. The van der Waals surface area contributed by atoms with E-state index in [0.29, 0.717) is 0 Å². The molecule has 1 aromatic carbocycles. The smallest absolute Gasteiger partial charge is 0.235 e. The van der Waals surface area contributed by atoms with E-state index < -0.39 is 21.5 Å². The average Bonchev–Trinajstić information content (AvgIpc) is 2.25. The highest BCUT2D eigenvalue weighted by Crippen LogP contribution is 2.07. The number of hydrogen-bond donors (Lipinski definition) is 2. The van der Waals surface area contributed by atoms with Crippen molar-refractivity contribution in [2.75, 3.05) is 18.6 Å². The molecule has 1 rings (SSSR count). The third kappa shape index (κ3) is 6.58. The summed E-state index contributed by atoms with van der Waals surface area (Å²) in [7, 11) is -3.29. The molecule has 1 aromatic rings. The Balaban J connectivity index is 0.00000289. The highest BCUT2D eigenvalue weighted by Gasteiger charge is 2.12. The summed E-state index contributed by atoms with van der Waals surface area (Å²) >= 11 is 0. The summed E-state index contributed by atoms with van der Waals surface area (Å²) in [5.41, 5.74) is 6.74. The molecule has 0 radical (unpaired) electrons. The van der Waals surface area contributed by atoms with Crippen molar-refractivity contribution in [2.24, 2.45) is 5.73 Å². The summed E-state index contributed by atoms with van der Waals surface area (Å²) in [5, 5.41) is 2.49. The fourth-order valence-electron chi connectivity index (χ4n) is 1.33. The van der Waals surface area contributed by atoms with Gasteiger partial charge in [-0.25, -0.2) is 8.42 Å². The van der Waals surface area contributed by atoms with E-state index in [-0.39, 0.29) is 25.0 Å². The lowest BCUT2D eigenvalue weighted by molar-refractivity contribution is -0.118. The first kappa shape index (κ1) is 16.9. The number of amides is 1. The van der Waals surface area contributed by atoms with E-state index >= 15 is 0 Å². The van der Waals surface area contributed by atoms with Gasteiger partial charge in [0.15, 0.2) is 9.84 Å². The Bertz CT molecular complexity index is 476. The van der Waals surface area contributed by atoms with Gasteiger partial charge in [-0.3, -0.25) is 4.79 Å². The van der Waals surface area contributed by atoms with Gasteiger partial charge in [-0.1, -0.05) is 30.3 Å². The van der Waals surface area contributed by atoms with Crippen LogP contribution < -0.4 is 11.1 Å². The molecular weight excluding hydrogens is 276 g/mol. The highest BCUT2D eigenvalue weighted by molar-refractivity contribution is 7.91. The first-order chi connectivity index (χ1) is 7.88. The molecule has 0 spiro atoms. The lowest BCUT2D eigenvalue weighted by Crippen LogP contribution is -2.35. The van der Waals surface area contributed by atoms with Crippen molar-refractivity contribution in [3.8, 4) is 0 Å². The molecule has 7 heteroatoms. The molecule has 0 aromatic heterocycles. The second-order valence-electron chi connectivity index (χ2n) is 3.89. The number of halogens is 1. The van der Waals surface area contributed by atoms with Gasteiger partial charge in [0, 0.05) is 18.8 Å². The number of carbonyl (C=O) groups is 1. The van der Waals surface area contributed by atoms with Crippen LogP contribution in [0.1, 0.15) is 11.6 Å². The fourth-order valence-corrected chi connectivity index (χ4v) is 1.91. The van der Waals surface area contributed by atoms with E-state index in [1.54, 1.807) is 0 Å². The van der Waals surface area contributed by atoms with Crippen LogP contribution in [0.15, 0.2) is 30.3 Å². The van der Waals surface area contributed by atoms with Gasteiger partial charge in [0.1, 0.15) is 5.75 Å². The average molecular weight is 293 g/mol. The summed E-state index contributed by atoms with van der Waals surface area (Å²) in [6.45, 7) is 0.221. The predicted molar refractivity (Wildman–Crippen MR) is 73.3 cm³/mol. The van der Waals surface area contributed by atoms with Crippen molar-refractivity contribution in [1.29, 1.82) is 0 Å².